The monoisotopic (exact) mass is 633 g/mol. The van der Waals surface area contributed by atoms with Crippen LogP contribution in [-0.4, -0.2) is 26.2 Å². The van der Waals surface area contributed by atoms with Crippen molar-refractivity contribution < 1.29 is 27.6 Å². The Morgan fingerprint density at radius 1 is 1.07 bits per heavy atom. The van der Waals surface area contributed by atoms with Crippen LogP contribution in [-0.2, 0) is 11.6 Å². The van der Waals surface area contributed by atoms with Gasteiger partial charge < -0.3 is 9.63 Å². The van der Waals surface area contributed by atoms with Gasteiger partial charge in [-0.1, -0.05) is 40.5 Å². The van der Waals surface area contributed by atoms with E-state index in [0.717, 1.165) is 73.8 Å². The van der Waals surface area contributed by atoms with Crippen LogP contribution >= 0.6 is 34.5 Å². The first kappa shape index (κ1) is 27.9. The SMILES string of the molecule is O=C(O)c1cc(C(F)(F)F)cc2nc(C34CCC(/C=C/c5c(-c6c(Cl)cncc6Cl)noc5C5CC5)(CC3)CC4)sc12. The molecule has 4 aliphatic rings. The van der Waals surface area contributed by atoms with Crippen molar-refractivity contribution in [3.05, 3.63) is 68.1 Å². The third-order valence-corrected chi connectivity index (χ3v) is 11.1. The van der Waals surface area contributed by atoms with Crippen LogP contribution < -0.4 is 0 Å². The topological polar surface area (TPSA) is 89.1 Å². The number of pyridine rings is 1. The Bertz CT molecular complexity index is 1730. The fourth-order valence-corrected chi connectivity index (χ4v) is 8.43. The first-order valence-corrected chi connectivity index (χ1v) is 15.3. The van der Waals surface area contributed by atoms with Crippen LogP contribution in [0.15, 0.2) is 35.1 Å². The predicted octanol–water partition coefficient (Wildman–Crippen LogP) is 9.55. The maximum Gasteiger partial charge on any atom is 0.416 e. The lowest BCUT2D eigenvalue weighted by atomic mass is 9.54. The Morgan fingerprint density at radius 3 is 2.33 bits per heavy atom. The summed E-state index contributed by atoms with van der Waals surface area (Å²) in [7, 11) is 0. The molecule has 1 aromatic carbocycles. The number of alkyl halides is 3. The molecule has 12 heteroatoms. The Labute approximate surface area is 252 Å². The second kappa shape index (κ2) is 9.79. The fraction of sp³-hybridized carbons (Fsp3) is 0.400. The van der Waals surface area contributed by atoms with Gasteiger partial charge in [-0.05, 0) is 68.9 Å². The molecule has 6 nitrogen and oxygen atoms in total. The van der Waals surface area contributed by atoms with Crippen LogP contribution in [0.3, 0.4) is 0 Å². The molecule has 0 atom stereocenters. The number of carboxylic acid groups (broad SMARTS) is 1. The summed E-state index contributed by atoms with van der Waals surface area (Å²) in [6, 6.07) is 1.68. The molecule has 4 saturated carbocycles. The van der Waals surface area contributed by atoms with Crippen molar-refractivity contribution in [2.24, 2.45) is 5.41 Å². The maximum atomic E-state index is 13.5. The molecule has 0 spiro atoms. The number of carbonyl (C=O) groups is 1. The van der Waals surface area contributed by atoms with Gasteiger partial charge in [0.25, 0.3) is 0 Å². The summed E-state index contributed by atoms with van der Waals surface area (Å²) in [4.78, 5) is 20.5. The molecule has 1 N–H and O–H groups in total. The van der Waals surface area contributed by atoms with E-state index in [4.69, 9.17) is 27.7 Å². The van der Waals surface area contributed by atoms with Gasteiger partial charge in [0, 0.05) is 34.9 Å². The molecule has 4 aliphatic carbocycles. The molecule has 2 bridgehead atoms. The average Bonchev–Trinajstić information content (AvgIpc) is 3.56. The summed E-state index contributed by atoms with van der Waals surface area (Å²) in [5.41, 5.74) is 0.516. The summed E-state index contributed by atoms with van der Waals surface area (Å²) in [6.45, 7) is 0. The van der Waals surface area contributed by atoms with Crippen LogP contribution in [0, 0.1) is 5.41 Å². The van der Waals surface area contributed by atoms with Crippen LogP contribution in [0.1, 0.15) is 89.5 Å². The summed E-state index contributed by atoms with van der Waals surface area (Å²) in [5.74, 6) is -0.228. The molecule has 3 heterocycles. The zero-order valence-electron chi connectivity index (χ0n) is 22.1. The first-order chi connectivity index (χ1) is 20.0. The number of carboxylic acids is 1. The summed E-state index contributed by atoms with van der Waals surface area (Å²) >= 11 is 14.2. The van der Waals surface area contributed by atoms with E-state index in [1.807, 2.05) is 0 Å². The van der Waals surface area contributed by atoms with Crippen molar-refractivity contribution in [1.29, 1.82) is 0 Å². The van der Waals surface area contributed by atoms with Crippen LogP contribution in [0.25, 0.3) is 27.6 Å². The van der Waals surface area contributed by atoms with Gasteiger partial charge >= 0.3 is 12.1 Å². The van der Waals surface area contributed by atoms with Crippen LogP contribution in [0.4, 0.5) is 13.2 Å². The third-order valence-electron chi connectivity index (χ3n) is 9.20. The van der Waals surface area contributed by atoms with E-state index in [-0.39, 0.29) is 21.9 Å². The van der Waals surface area contributed by atoms with E-state index < -0.39 is 17.7 Å². The number of benzene rings is 1. The van der Waals surface area contributed by atoms with E-state index in [0.29, 0.717) is 38.0 Å². The van der Waals surface area contributed by atoms with Crippen molar-refractivity contribution in [2.45, 2.75) is 68.9 Å². The number of allylic oxidation sites excluding steroid dienone is 1. The van der Waals surface area contributed by atoms with Crippen molar-refractivity contribution in [2.75, 3.05) is 0 Å². The number of aromatic nitrogens is 3. The fourth-order valence-electron chi connectivity index (χ4n) is 6.56. The molecule has 3 aromatic heterocycles. The van der Waals surface area contributed by atoms with Gasteiger partial charge in [0.2, 0.25) is 0 Å². The molecule has 218 valence electrons. The molecular weight excluding hydrogens is 610 g/mol. The molecular formula is C30H24Cl2F3N3O3S. The second-order valence-corrected chi connectivity index (χ2v) is 13.5. The number of fused-ring (bicyclic) bond motifs is 4. The average molecular weight is 635 g/mol. The molecule has 0 radical (unpaired) electrons. The molecule has 0 aliphatic heterocycles. The summed E-state index contributed by atoms with van der Waals surface area (Å²) in [6.07, 6.45) is 9.96. The lowest BCUT2D eigenvalue weighted by molar-refractivity contribution is -0.137. The molecule has 8 rings (SSSR count). The number of rotatable bonds is 6. The molecule has 0 amide bonds. The van der Waals surface area contributed by atoms with E-state index in [9.17, 15) is 23.1 Å². The highest BCUT2D eigenvalue weighted by atomic mass is 35.5. The molecule has 0 saturated heterocycles. The lowest BCUT2D eigenvalue weighted by Gasteiger charge is -2.51. The van der Waals surface area contributed by atoms with Gasteiger partial charge in [-0.3, -0.25) is 4.98 Å². The summed E-state index contributed by atoms with van der Waals surface area (Å²) < 4.78 is 46.5. The summed E-state index contributed by atoms with van der Waals surface area (Å²) in [5, 5.41) is 15.5. The highest BCUT2D eigenvalue weighted by Gasteiger charge is 2.50. The number of nitrogens with zero attached hydrogens (tertiary/aromatic N) is 3. The minimum atomic E-state index is -4.65. The third kappa shape index (κ3) is 4.62. The van der Waals surface area contributed by atoms with E-state index in [2.05, 4.69) is 27.3 Å². The standard InChI is InChI=1S/C30H24Cl2F3N3O3S/c31-19-13-36-14-20(32)22(19)23-17(24(41-38-23)15-1-2-15)3-4-28-5-8-29(9-6-28,10-7-28)27-37-21-12-16(30(33,34)35)11-18(26(39)40)25(21)42-27/h3-4,11-15H,1-2,5-10H2,(H,39,40)/b4-3+. The smallest absolute Gasteiger partial charge is 0.416 e. The second-order valence-electron chi connectivity index (χ2n) is 11.7. The first-order valence-electron chi connectivity index (χ1n) is 13.7. The minimum absolute atomic E-state index is 0.0463. The molecule has 42 heavy (non-hydrogen) atoms. The van der Waals surface area contributed by atoms with Gasteiger partial charge in [-0.25, -0.2) is 9.78 Å². The van der Waals surface area contributed by atoms with Gasteiger partial charge in [0.1, 0.15) is 16.5 Å². The number of thiazole rings is 1. The zero-order valence-corrected chi connectivity index (χ0v) is 24.4. The van der Waals surface area contributed by atoms with E-state index in [1.54, 1.807) is 0 Å². The van der Waals surface area contributed by atoms with Crippen LogP contribution in [0.5, 0.6) is 0 Å². The van der Waals surface area contributed by atoms with Crippen molar-refractivity contribution in [3.63, 3.8) is 0 Å². The molecule has 0 unspecified atom stereocenters. The Balaban J connectivity index is 1.19. The minimum Gasteiger partial charge on any atom is -0.478 e. The number of aromatic carboxylic acids is 1. The highest BCUT2D eigenvalue weighted by Crippen LogP contribution is 2.60. The normalized spacial score (nSPS) is 24.2. The van der Waals surface area contributed by atoms with E-state index >= 15 is 0 Å². The highest BCUT2D eigenvalue weighted by molar-refractivity contribution is 7.19. The zero-order chi connectivity index (χ0) is 29.4. The van der Waals surface area contributed by atoms with Crippen molar-refractivity contribution >= 4 is 56.8 Å². The van der Waals surface area contributed by atoms with E-state index in [1.165, 1.54) is 23.7 Å². The van der Waals surface area contributed by atoms with Gasteiger partial charge in [-0.15, -0.1) is 11.3 Å². The van der Waals surface area contributed by atoms with Crippen molar-refractivity contribution in [1.82, 2.24) is 15.1 Å². The van der Waals surface area contributed by atoms with Gasteiger partial charge in [0.15, 0.2) is 0 Å². The Kier molecular flexibility index (Phi) is 6.49. The lowest BCUT2D eigenvalue weighted by Crippen LogP contribution is -2.43. The largest absolute Gasteiger partial charge is 0.478 e. The Hall–Kier alpha value is -2.95. The number of hydrogen-bond donors (Lipinski definition) is 1. The van der Waals surface area contributed by atoms with Crippen molar-refractivity contribution in [3.8, 4) is 11.3 Å². The number of hydrogen-bond acceptors (Lipinski definition) is 6. The Morgan fingerprint density at radius 2 is 1.74 bits per heavy atom. The number of halogens is 5. The van der Waals surface area contributed by atoms with Gasteiger partial charge in [0.05, 0.1) is 31.4 Å². The molecule has 4 aromatic rings. The maximum absolute atomic E-state index is 13.5. The van der Waals surface area contributed by atoms with Gasteiger partial charge in [-0.2, -0.15) is 13.2 Å². The predicted molar refractivity (Wildman–Crippen MR) is 154 cm³/mol. The molecule has 4 fully saturated rings. The quantitative estimate of drug-likeness (QED) is 0.227. The van der Waals surface area contributed by atoms with Crippen LogP contribution in [0.2, 0.25) is 10.0 Å².